The molecule has 2 aliphatic rings. The van der Waals surface area contributed by atoms with Crippen molar-refractivity contribution in [2.75, 3.05) is 6.75 Å². The summed E-state index contributed by atoms with van der Waals surface area (Å²) in [5.74, 6) is 0.740. The summed E-state index contributed by atoms with van der Waals surface area (Å²) in [6.45, 7) is 6.20. The summed E-state index contributed by atoms with van der Waals surface area (Å²) < 4.78 is 25.1. The fourth-order valence-electron chi connectivity index (χ4n) is 3.39. The van der Waals surface area contributed by atoms with Crippen molar-refractivity contribution in [3.63, 3.8) is 0 Å². The summed E-state index contributed by atoms with van der Waals surface area (Å²) in [6, 6.07) is 7.72. The van der Waals surface area contributed by atoms with Crippen LogP contribution in [-0.2, 0) is 5.41 Å². The van der Waals surface area contributed by atoms with Crippen LogP contribution in [0.25, 0.3) is 0 Å². The van der Waals surface area contributed by atoms with E-state index in [0.29, 0.717) is 11.5 Å². The van der Waals surface area contributed by atoms with Crippen molar-refractivity contribution in [1.82, 2.24) is 0 Å². The predicted octanol–water partition coefficient (Wildman–Crippen LogP) is 3.24. The first-order chi connectivity index (χ1) is 9.09. The predicted molar refractivity (Wildman–Crippen MR) is 67.4 cm³/mol. The van der Waals surface area contributed by atoms with Crippen molar-refractivity contribution in [1.29, 1.82) is 5.26 Å². The van der Waals surface area contributed by atoms with E-state index in [1.54, 1.807) is 12.1 Å². The molecule has 1 heterocycles. The minimum atomic E-state index is -2.13. The van der Waals surface area contributed by atoms with E-state index in [2.05, 4.69) is 33.8 Å². The van der Waals surface area contributed by atoms with Gasteiger partial charge in [-0.2, -0.15) is 5.26 Å². The van der Waals surface area contributed by atoms with E-state index in [4.69, 9.17) is 12.2 Å². The molecule has 1 aromatic rings. The van der Waals surface area contributed by atoms with Crippen LogP contribution in [-0.4, -0.2) is 6.75 Å². The molecule has 0 aromatic heterocycles. The van der Waals surface area contributed by atoms with E-state index >= 15 is 0 Å². The van der Waals surface area contributed by atoms with Crippen LogP contribution in [0.2, 0.25) is 0 Å². The Morgan fingerprint density at radius 1 is 1.17 bits per heavy atom. The average Bonchev–Trinajstić information content (AvgIpc) is 2.56. The summed E-state index contributed by atoms with van der Waals surface area (Å²) in [4.78, 5) is 0. The lowest BCUT2D eigenvalue weighted by atomic mass is 9.87. The topological polar surface area (TPSA) is 42.2 Å². The summed E-state index contributed by atoms with van der Waals surface area (Å²) in [5, 5.41) is 9.74. The number of rotatable bonds is 1. The molecule has 0 bridgehead atoms. The molecule has 94 valence electrons. The van der Waals surface area contributed by atoms with Crippen LogP contribution in [0.4, 0.5) is 0 Å². The third kappa shape index (κ3) is 0.963. The summed E-state index contributed by atoms with van der Waals surface area (Å²) in [6.07, 6.45) is 0. The zero-order chi connectivity index (χ0) is 15.0. The molecule has 0 unspecified atom stereocenters. The van der Waals surface area contributed by atoms with Gasteiger partial charge in [0.05, 0.1) is 11.5 Å². The van der Waals surface area contributed by atoms with Gasteiger partial charge in [0.15, 0.2) is 11.5 Å². The Labute approximate surface area is 110 Å². The molecule has 3 nitrogen and oxygen atoms in total. The molecule has 1 aromatic carbocycles. The van der Waals surface area contributed by atoms with Gasteiger partial charge in [0.25, 0.3) is 0 Å². The van der Waals surface area contributed by atoms with Gasteiger partial charge in [0, 0.05) is 0 Å². The molecule has 1 aliphatic carbocycles. The van der Waals surface area contributed by atoms with E-state index in [9.17, 15) is 5.26 Å². The Kier molecular flexibility index (Phi) is 1.55. The molecule has 3 rings (SSSR count). The molecule has 0 atom stereocenters. The third-order valence-electron chi connectivity index (χ3n) is 5.22. The van der Waals surface area contributed by atoms with E-state index in [1.807, 2.05) is 6.07 Å². The van der Waals surface area contributed by atoms with Crippen LogP contribution >= 0.6 is 0 Å². The molecule has 0 spiro atoms. The Morgan fingerprint density at radius 3 is 2.33 bits per heavy atom. The number of hydrogen-bond donors (Lipinski definition) is 0. The van der Waals surface area contributed by atoms with Crippen molar-refractivity contribution in [3.05, 3.63) is 23.8 Å². The zero-order valence-electron chi connectivity index (χ0n) is 13.0. The highest BCUT2D eigenvalue weighted by Gasteiger charge is 2.78. The Morgan fingerprint density at radius 2 is 1.78 bits per heavy atom. The summed E-state index contributed by atoms with van der Waals surface area (Å²) in [7, 11) is 0. The highest BCUT2D eigenvalue weighted by Crippen LogP contribution is 2.77. The van der Waals surface area contributed by atoms with Crippen LogP contribution < -0.4 is 9.47 Å². The Bertz CT molecular complexity index is 630. The second-order valence-corrected chi connectivity index (χ2v) is 6.06. The molecule has 0 amide bonds. The largest absolute Gasteiger partial charge is 0.454 e. The number of hydrogen-bond acceptors (Lipinski definition) is 3. The molecule has 1 aliphatic heterocycles. The molecule has 1 fully saturated rings. The second-order valence-electron chi connectivity index (χ2n) is 6.06. The number of fused-ring (bicyclic) bond motifs is 1. The average molecular weight is 245 g/mol. The van der Waals surface area contributed by atoms with E-state index in [-0.39, 0.29) is 10.8 Å². The van der Waals surface area contributed by atoms with Gasteiger partial charge in [-0.05, 0) is 28.5 Å². The quantitative estimate of drug-likeness (QED) is 0.762. The van der Waals surface area contributed by atoms with Crippen LogP contribution in [0.3, 0.4) is 0 Å². The molecular weight excluding hydrogens is 226 g/mol. The first-order valence-electron chi connectivity index (χ1n) is 7.03. The first kappa shape index (κ1) is 9.27. The van der Waals surface area contributed by atoms with E-state index < -0.39 is 12.2 Å². The maximum Gasteiger partial charge on any atom is 0.231 e. The number of nitriles is 1. The lowest BCUT2D eigenvalue weighted by Crippen LogP contribution is -2.13. The fourth-order valence-corrected chi connectivity index (χ4v) is 3.39. The first-order valence-corrected chi connectivity index (χ1v) is 6.03. The maximum atomic E-state index is 9.74. The smallest absolute Gasteiger partial charge is 0.231 e. The highest BCUT2D eigenvalue weighted by molar-refractivity contribution is 5.56. The monoisotopic (exact) mass is 245 g/mol. The van der Waals surface area contributed by atoms with Gasteiger partial charge in [-0.3, -0.25) is 0 Å². The molecule has 0 radical (unpaired) electrons. The van der Waals surface area contributed by atoms with Crippen LogP contribution in [0.5, 0.6) is 11.5 Å². The normalized spacial score (nSPS) is 28.8. The van der Waals surface area contributed by atoms with Gasteiger partial charge in [0.1, 0.15) is 2.74 Å². The standard InChI is InChI=1S/C15H17NO2/c1-13(2)14(3,4)15(13,8-16)10-5-6-11-12(7-10)18-9-17-11/h5-7H,9H2,1-4H3/i9D2. The van der Waals surface area contributed by atoms with Crippen molar-refractivity contribution in [3.8, 4) is 17.6 Å². The van der Waals surface area contributed by atoms with Gasteiger partial charge in [-0.15, -0.1) is 0 Å². The van der Waals surface area contributed by atoms with E-state index in [0.717, 1.165) is 5.56 Å². The van der Waals surface area contributed by atoms with E-state index in [1.165, 1.54) is 0 Å². The van der Waals surface area contributed by atoms with Gasteiger partial charge in [-0.1, -0.05) is 33.8 Å². The molecule has 0 saturated heterocycles. The molecular formula is C15H17NO2. The highest BCUT2D eigenvalue weighted by atomic mass is 16.7. The minimum Gasteiger partial charge on any atom is -0.454 e. The fraction of sp³-hybridized carbons (Fsp3) is 0.533. The molecule has 3 heteroatoms. The Balaban J connectivity index is 2.09. The lowest BCUT2D eigenvalue weighted by molar-refractivity contribution is 0.174. The Hall–Kier alpha value is -1.69. The van der Waals surface area contributed by atoms with Crippen LogP contribution in [0.15, 0.2) is 18.2 Å². The summed E-state index contributed by atoms with van der Waals surface area (Å²) in [5.41, 5.74) is -0.0357. The maximum absolute atomic E-state index is 9.74. The van der Waals surface area contributed by atoms with Gasteiger partial charge < -0.3 is 9.47 Å². The van der Waals surface area contributed by atoms with Crippen molar-refractivity contribution < 1.29 is 12.2 Å². The van der Waals surface area contributed by atoms with Crippen LogP contribution in [0.1, 0.15) is 36.0 Å². The van der Waals surface area contributed by atoms with Gasteiger partial charge in [-0.25, -0.2) is 0 Å². The lowest BCUT2D eigenvalue weighted by Gasteiger charge is -2.13. The van der Waals surface area contributed by atoms with Crippen molar-refractivity contribution >= 4 is 0 Å². The summed E-state index contributed by atoms with van der Waals surface area (Å²) >= 11 is 0. The second kappa shape index (κ2) is 3.00. The van der Waals surface area contributed by atoms with Crippen LogP contribution in [0, 0.1) is 22.2 Å². The number of nitrogens with zero attached hydrogens (tertiary/aromatic N) is 1. The van der Waals surface area contributed by atoms with Gasteiger partial charge >= 0.3 is 0 Å². The number of ether oxygens (including phenoxy) is 2. The SMILES string of the molecule is [2H]C1([2H])Oc2ccc(C3(C#N)C(C)(C)C3(C)C)cc2O1. The molecule has 18 heavy (non-hydrogen) atoms. The van der Waals surface area contributed by atoms with Gasteiger partial charge in [0.2, 0.25) is 6.75 Å². The minimum absolute atomic E-state index is 0.151. The molecule has 0 N–H and O–H groups in total. The molecule has 1 saturated carbocycles. The zero-order valence-corrected chi connectivity index (χ0v) is 11.0. The van der Waals surface area contributed by atoms with Crippen molar-refractivity contribution in [2.24, 2.45) is 10.8 Å². The third-order valence-corrected chi connectivity index (χ3v) is 5.22. The van der Waals surface area contributed by atoms with Crippen molar-refractivity contribution in [2.45, 2.75) is 33.1 Å². The number of benzene rings is 1.